The molecule has 5 heteroatoms. The molecule has 2 aliphatic heterocycles. The lowest BCUT2D eigenvalue weighted by Crippen LogP contribution is -2.52. The molecule has 0 bridgehead atoms. The fraction of sp³-hybridized carbons (Fsp3) is 0.562. The zero-order valence-electron chi connectivity index (χ0n) is 12.4. The van der Waals surface area contributed by atoms with E-state index >= 15 is 0 Å². The van der Waals surface area contributed by atoms with Gasteiger partial charge < -0.3 is 10.0 Å². The van der Waals surface area contributed by atoms with Crippen LogP contribution in [0.4, 0.5) is 0 Å². The monoisotopic (exact) mass is 306 g/mol. The molecule has 2 atom stereocenters. The zero-order chi connectivity index (χ0) is 14.8. The van der Waals surface area contributed by atoms with E-state index in [-0.39, 0.29) is 6.04 Å². The van der Waals surface area contributed by atoms with Gasteiger partial charge in [0, 0.05) is 49.3 Å². The third-order valence-corrected chi connectivity index (χ3v) is 5.84. The molecule has 2 heterocycles. The summed E-state index contributed by atoms with van der Waals surface area (Å²) >= 11 is 1.96. The number of thioether (sulfide) groups is 1. The third-order valence-electron chi connectivity index (χ3n) is 4.59. The van der Waals surface area contributed by atoms with Crippen molar-refractivity contribution in [2.24, 2.45) is 0 Å². The number of rotatable bonds is 4. The van der Waals surface area contributed by atoms with Gasteiger partial charge in [-0.15, -0.1) is 11.8 Å². The summed E-state index contributed by atoms with van der Waals surface area (Å²) < 4.78 is 0. The Bertz CT molecular complexity index is 515. The number of nitrogens with zero attached hydrogens (tertiary/aromatic N) is 2. The van der Waals surface area contributed by atoms with Crippen molar-refractivity contribution in [2.45, 2.75) is 23.8 Å². The summed E-state index contributed by atoms with van der Waals surface area (Å²) in [7, 11) is 0. The van der Waals surface area contributed by atoms with Crippen LogP contribution in [0.1, 0.15) is 18.4 Å². The highest BCUT2D eigenvalue weighted by atomic mass is 32.2. The highest BCUT2D eigenvalue weighted by Gasteiger charge is 2.29. The van der Waals surface area contributed by atoms with Gasteiger partial charge in [0.15, 0.2) is 0 Å². The number of piperazine rings is 1. The van der Waals surface area contributed by atoms with Gasteiger partial charge in [0.1, 0.15) is 6.04 Å². The molecule has 114 valence electrons. The molecule has 2 aliphatic rings. The summed E-state index contributed by atoms with van der Waals surface area (Å²) in [5.74, 6) is 1.07. The predicted molar refractivity (Wildman–Crippen MR) is 85.0 cm³/mol. The second-order valence-electron chi connectivity index (χ2n) is 5.90. The van der Waals surface area contributed by atoms with Gasteiger partial charge in [-0.25, -0.2) is 0 Å². The molecule has 0 aliphatic carbocycles. The van der Waals surface area contributed by atoms with Crippen molar-refractivity contribution in [3.05, 3.63) is 29.8 Å². The van der Waals surface area contributed by atoms with Crippen LogP contribution in [0.25, 0.3) is 0 Å². The van der Waals surface area contributed by atoms with Gasteiger partial charge in [-0.05, 0) is 18.6 Å². The van der Waals surface area contributed by atoms with E-state index in [0.29, 0.717) is 5.92 Å². The number of aliphatic carboxylic acids is 1. The summed E-state index contributed by atoms with van der Waals surface area (Å²) in [4.78, 5) is 17.0. The molecular formula is C16H22N2O2S. The van der Waals surface area contributed by atoms with Crippen LogP contribution < -0.4 is 0 Å². The molecule has 1 saturated heterocycles. The van der Waals surface area contributed by atoms with Crippen molar-refractivity contribution in [3.8, 4) is 0 Å². The number of hydrogen-bond acceptors (Lipinski definition) is 4. The number of carboxylic acid groups (broad SMARTS) is 1. The lowest BCUT2D eigenvalue weighted by Gasteiger charge is -2.37. The Morgan fingerprint density at radius 3 is 2.76 bits per heavy atom. The summed E-state index contributed by atoms with van der Waals surface area (Å²) in [6.45, 7) is 6.53. The Morgan fingerprint density at radius 2 is 2.05 bits per heavy atom. The van der Waals surface area contributed by atoms with E-state index in [1.807, 2.05) is 11.8 Å². The number of fused-ring (bicyclic) bond motifs is 1. The van der Waals surface area contributed by atoms with E-state index in [1.54, 1.807) is 6.92 Å². The SMILES string of the molecule is CC(C(=O)O)N1CCN(CC2CSc3ccccc32)CC1. The predicted octanol–water partition coefficient (Wildman–Crippen LogP) is 1.97. The molecule has 1 aromatic carbocycles. The summed E-state index contributed by atoms with van der Waals surface area (Å²) in [6, 6.07) is 8.34. The number of carboxylic acids is 1. The standard InChI is InChI=1S/C16H22N2O2S/c1-12(16(19)20)18-8-6-17(7-9-18)10-13-11-21-15-5-3-2-4-14(13)15/h2-5,12-13H,6-11H2,1H3,(H,19,20). The van der Waals surface area contributed by atoms with E-state index in [9.17, 15) is 4.79 Å². The summed E-state index contributed by atoms with van der Waals surface area (Å²) in [6.07, 6.45) is 0. The lowest BCUT2D eigenvalue weighted by molar-refractivity contribution is -0.143. The van der Waals surface area contributed by atoms with Crippen LogP contribution in [0.2, 0.25) is 0 Å². The number of hydrogen-bond donors (Lipinski definition) is 1. The Hall–Kier alpha value is -1.04. The van der Waals surface area contributed by atoms with Gasteiger partial charge in [-0.2, -0.15) is 0 Å². The van der Waals surface area contributed by atoms with Gasteiger partial charge in [0.05, 0.1) is 0 Å². The second-order valence-corrected chi connectivity index (χ2v) is 6.96. The van der Waals surface area contributed by atoms with Crippen LogP contribution in [0.5, 0.6) is 0 Å². The molecule has 21 heavy (non-hydrogen) atoms. The molecule has 3 rings (SSSR count). The molecule has 2 unspecified atom stereocenters. The maximum atomic E-state index is 11.0. The lowest BCUT2D eigenvalue weighted by atomic mass is 10.0. The van der Waals surface area contributed by atoms with E-state index in [0.717, 1.165) is 32.7 Å². The fourth-order valence-corrected chi connectivity index (χ4v) is 4.42. The van der Waals surface area contributed by atoms with Crippen molar-refractivity contribution >= 4 is 17.7 Å². The minimum atomic E-state index is -0.718. The van der Waals surface area contributed by atoms with Crippen molar-refractivity contribution in [1.82, 2.24) is 9.80 Å². The van der Waals surface area contributed by atoms with Crippen molar-refractivity contribution < 1.29 is 9.90 Å². The topological polar surface area (TPSA) is 43.8 Å². The molecule has 0 amide bonds. The maximum Gasteiger partial charge on any atom is 0.320 e. The number of carbonyl (C=O) groups is 1. The zero-order valence-corrected chi connectivity index (χ0v) is 13.2. The molecule has 0 saturated carbocycles. The Morgan fingerprint density at radius 1 is 1.33 bits per heavy atom. The summed E-state index contributed by atoms with van der Waals surface area (Å²) in [5, 5.41) is 9.08. The molecule has 0 radical (unpaired) electrons. The van der Waals surface area contributed by atoms with Crippen LogP contribution >= 0.6 is 11.8 Å². The average molecular weight is 306 g/mol. The normalized spacial score (nSPS) is 24.7. The first-order chi connectivity index (χ1) is 10.1. The van der Waals surface area contributed by atoms with Crippen LogP contribution in [0, 0.1) is 0 Å². The molecule has 4 nitrogen and oxygen atoms in total. The van der Waals surface area contributed by atoms with Gasteiger partial charge in [0.25, 0.3) is 0 Å². The fourth-order valence-electron chi connectivity index (χ4n) is 3.18. The second kappa shape index (κ2) is 6.38. The third kappa shape index (κ3) is 3.25. The Labute approximate surface area is 130 Å². The highest BCUT2D eigenvalue weighted by Crippen LogP contribution is 2.39. The van der Waals surface area contributed by atoms with Gasteiger partial charge >= 0.3 is 5.97 Å². The first-order valence-corrected chi connectivity index (χ1v) is 8.54. The van der Waals surface area contributed by atoms with Crippen molar-refractivity contribution in [2.75, 3.05) is 38.5 Å². The molecular weight excluding hydrogens is 284 g/mol. The maximum absolute atomic E-state index is 11.0. The van der Waals surface area contributed by atoms with E-state index < -0.39 is 5.97 Å². The molecule has 1 fully saturated rings. The van der Waals surface area contributed by atoms with E-state index in [2.05, 4.69) is 34.1 Å². The van der Waals surface area contributed by atoms with Crippen LogP contribution in [-0.2, 0) is 4.79 Å². The number of benzene rings is 1. The largest absolute Gasteiger partial charge is 0.480 e. The van der Waals surface area contributed by atoms with Crippen molar-refractivity contribution in [3.63, 3.8) is 0 Å². The van der Waals surface area contributed by atoms with Crippen LogP contribution in [-0.4, -0.2) is 65.4 Å². The minimum Gasteiger partial charge on any atom is -0.480 e. The first kappa shape index (κ1) is 14.9. The van der Waals surface area contributed by atoms with Gasteiger partial charge in [0.2, 0.25) is 0 Å². The Balaban J connectivity index is 1.54. The van der Waals surface area contributed by atoms with Crippen molar-refractivity contribution in [1.29, 1.82) is 0 Å². The molecule has 1 N–H and O–H groups in total. The van der Waals surface area contributed by atoms with E-state index in [1.165, 1.54) is 16.2 Å². The van der Waals surface area contributed by atoms with Gasteiger partial charge in [-0.1, -0.05) is 18.2 Å². The highest BCUT2D eigenvalue weighted by molar-refractivity contribution is 7.99. The van der Waals surface area contributed by atoms with Crippen LogP contribution in [0.3, 0.4) is 0 Å². The molecule has 0 aromatic heterocycles. The average Bonchev–Trinajstić information content (AvgIpc) is 2.91. The quantitative estimate of drug-likeness (QED) is 0.921. The molecule has 1 aromatic rings. The van der Waals surface area contributed by atoms with E-state index in [4.69, 9.17) is 5.11 Å². The van der Waals surface area contributed by atoms with Crippen LogP contribution in [0.15, 0.2) is 29.2 Å². The molecule has 0 spiro atoms. The van der Waals surface area contributed by atoms with Gasteiger partial charge in [-0.3, -0.25) is 9.69 Å². The Kier molecular flexibility index (Phi) is 4.52. The smallest absolute Gasteiger partial charge is 0.320 e. The first-order valence-electron chi connectivity index (χ1n) is 7.56. The summed E-state index contributed by atoms with van der Waals surface area (Å²) in [5.41, 5.74) is 1.49. The minimum absolute atomic E-state index is 0.366.